The van der Waals surface area contributed by atoms with Gasteiger partial charge >= 0.3 is 5.97 Å². The number of amides is 1. The second kappa shape index (κ2) is 6.87. The third-order valence-corrected chi connectivity index (χ3v) is 3.84. The van der Waals surface area contributed by atoms with E-state index in [1.807, 2.05) is 19.9 Å². The van der Waals surface area contributed by atoms with Gasteiger partial charge < -0.3 is 10.1 Å². The molecule has 22 heavy (non-hydrogen) atoms. The van der Waals surface area contributed by atoms with Gasteiger partial charge in [-0.2, -0.15) is 5.26 Å². The van der Waals surface area contributed by atoms with Crippen LogP contribution in [-0.2, 0) is 9.53 Å². The summed E-state index contributed by atoms with van der Waals surface area (Å²) in [5.41, 5.74) is 1.42. The fourth-order valence-electron chi connectivity index (χ4n) is 1.91. The highest BCUT2D eigenvalue weighted by Crippen LogP contribution is 2.21. The number of hydrogen-bond acceptors (Lipinski definition) is 5. The van der Waals surface area contributed by atoms with E-state index in [4.69, 9.17) is 10.00 Å². The van der Waals surface area contributed by atoms with E-state index < -0.39 is 11.9 Å². The van der Waals surface area contributed by atoms with Gasteiger partial charge in [-0.3, -0.25) is 4.79 Å². The molecule has 0 saturated carbocycles. The molecule has 1 N–H and O–H groups in total. The van der Waals surface area contributed by atoms with E-state index in [2.05, 4.69) is 5.32 Å². The summed E-state index contributed by atoms with van der Waals surface area (Å²) in [6.07, 6.45) is 0. The van der Waals surface area contributed by atoms with E-state index in [-0.39, 0.29) is 6.61 Å². The molecule has 112 valence electrons. The van der Waals surface area contributed by atoms with E-state index in [9.17, 15) is 9.59 Å². The molecule has 0 atom stereocenters. The van der Waals surface area contributed by atoms with E-state index in [0.717, 1.165) is 9.75 Å². The van der Waals surface area contributed by atoms with Crippen molar-refractivity contribution in [3.63, 3.8) is 0 Å². The van der Waals surface area contributed by atoms with Crippen molar-refractivity contribution in [3.05, 3.63) is 51.2 Å². The largest absolute Gasteiger partial charge is 0.452 e. The molecule has 0 fully saturated rings. The van der Waals surface area contributed by atoms with Crippen LogP contribution < -0.4 is 5.32 Å². The Kier molecular flexibility index (Phi) is 4.92. The van der Waals surface area contributed by atoms with Gasteiger partial charge in [0.25, 0.3) is 5.91 Å². The van der Waals surface area contributed by atoms with E-state index in [1.54, 1.807) is 30.3 Å². The Morgan fingerprint density at radius 3 is 2.73 bits per heavy atom. The van der Waals surface area contributed by atoms with Gasteiger partial charge in [-0.1, -0.05) is 6.07 Å². The van der Waals surface area contributed by atoms with Crippen LogP contribution in [-0.4, -0.2) is 18.5 Å². The Morgan fingerprint density at radius 1 is 1.32 bits per heavy atom. The first-order valence-electron chi connectivity index (χ1n) is 6.54. The molecule has 0 unspecified atom stereocenters. The summed E-state index contributed by atoms with van der Waals surface area (Å²) in [7, 11) is 0. The first-order chi connectivity index (χ1) is 10.5. The Morgan fingerprint density at radius 2 is 2.09 bits per heavy atom. The van der Waals surface area contributed by atoms with Crippen molar-refractivity contribution in [3.8, 4) is 6.07 Å². The van der Waals surface area contributed by atoms with Crippen molar-refractivity contribution in [2.45, 2.75) is 13.8 Å². The normalized spacial score (nSPS) is 9.86. The number of thiophene rings is 1. The molecule has 6 heteroatoms. The minimum Gasteiger partial charge on any atom is -0.452 e. The first-order valence-corrected chi connectivity index (χ1v) is 7.35. The van der Waals surface area contributed by atoms with Gasteiger partial charge in [0.15, 0.2) is 6.61 Å². The number of benzene rings is 1. The number of nitrogens with one attached hydrogen (secondary N) is 1. The highest BCUT2D eigenvalue weighted by Gasteiger charge is 2.15. The zero-order valence-corrected chi connectivity index (χ0v) is 13.0. The van der Waals surface area contributed by atoms with Gasteiger partial charge in [0, 0.05) is 15.4 Å². The number of ether oxygens (including phenoxy) is 1. The van der Waals surface area contributed by atoms with Crippen LogP contribution in [0.4, 0.5) is 5.69 Å². The highest BCUT2D eigenvalue weighted by atomic mass is 32.1. The standard InChI is InChI=1S/C16H14N2O3S/c1-10-6-14(11(2)22-10)16(20)21-9-15(19)18-13-5-3-4-12(7-13)8-17/h3-7H,9H2,1-2H3,(H,18,19). The zero-order valence-electron chi connectivity index (χ0n) is 12.2. The maximum Gasteiger partial charge on any atom is 0.339 e. The molecule has 1 aromatic carbocycles. The van der Waals surface area contributed by atoms with Crippen molar-refractivity contribution < 1.29 is 14.3 Å². The van der Waals surface area contributed by atoms with Crippen LogP contribution in [0, 0.1) is 25.2 Å². The SMILES string of the molecule is Cc1cc(C(=O)OCC(=O)Nc2cccc(C#N)c2)c(C)s1. The molecule has 0 bridgehead atoms. The van der Waals surface area contributed by atoms with E-state index >= 15 is 0 Å². The maximum atomic E-state index is 11.9. The number of aryl methyl sites for hydroxylation is 2. The molecule has 1 amide bonds. The summed E-state index contributed by atoms with van der Waals surface area (Å²) in [6.45, 7) is 3.37. The Hall–Kier alpha value is -2.65. The molecule has 0 aliphatic carbocycles. The van der Waals surface area contributed by atoms with Gasteiger partial charge in [-0.05, 0) is 38.1 Å². The van der Waals surface area contributed by atoms with Crippen LogP contribution in [0.5, 0.6) is 0 Å². The lowest BCUT2D eigenvalue weighted by Gasteiger charge is -2.06. The lowest BCUT2D eigenvalue weighted by Crippen LogP contribution is -2.21. The number of anilines is 1. The predicted octanol–water partition coefficient (Wildman–Crippen LogP) is 3.03. The summed E-state index contributed by atoms with van der Waals surface area (Å²) in [5, 5.41) is 11.4. The van der Waals surface area contributed by atoms with Gasteiger partial charge in [-0.25, -0.2) is 4.79 Å². The number of nitrogens with zero attached hydrogens (tertiary/aromatic N) is 1. The Labute approximate surface area is 132 Å². The molecule has 2 rings (SSSR count). The Balaban J connectivity index is 1.91. The molecule has 5 nitrogen and oxygen atoms in total. The van der Waals surface area contributed by atoms with Crippen LogP contribution >= 0.6 is 11.3 Å². The fraction of sp³-hybridized carbons (Fsp3) is 0.188. The van der Waals surface area contributed by atoms with Crippen LogP contribution in [0.3, 0.4) is 0 Å². The molecular weight excluding hydrogens is 300 g/mol. The summed E-state index contributed by atoms with van der Waals surface area (Å²) in [6, 6.07) is 10.2. The van der Waals surface area contributed by atoms with Crippen LogP contribution in [0.2, 0.25) is 0 Å². The van der Waals surface area contributed by atoms with Crippen molar-refractivity contribution in [2.24, 2.45) is 0 Å². The predicted molar refractivity (Wildman–Crippen MR) is 83.9 cm³/mol. The van der Waals surface area contributed by atoms with Gasteiger partial charge in [-0.15, -0.1) is 11.3 Å². The average molecular weight is 314 g/mol. The summed E-state index contributed by atoms with van der Waals surface area (Å²) in [5.74, 6) is -0.962. The van der Waals surface area contributed by atoms with Gasteiger partial charge in [0.05, 0.1) is 17.2 Å². The first kappa shape index (κ1) is 15.7. The summed E-state index contributed by atoms with van der Waals surface area (Å²) >= 11 is 1.51. The highest BCUT2D eigenvalue weighted by molar-refractivity contribution is 7.12. The molecule has 0 spiro atoms. The van der Waals surface area contributed by atoms with E-state index in [1.165, 1.54) is 11.3 Å². The molecule has 1 heterocycles. The molecular formula is C16H14N2O3S. The smallest absolute Gasteiger partial charge is 0.339 e. The van der Waals surface area contributed by atoms with Crippen molar-refractivity contribution in [1.29, 1.82) is 5.26 Å². The van der Waals surface area contributed by atoms with Gasteiger partial charge in [0.1, 0.15) is 0 Å². The second-order valence-electron chi connectivity index (χ2n) is 4.64. The maximum absolute atomic E-state index is 11.9. The minimum atomic E-state index is -0.511. The number of carbonyl (C=O) groups excluding carboxylic acids is 2. The minimum absolute atomic E-state index is 0.371. The number of nitriles is 1. The van der Waals surface area contributed by atoms with Crippen LogP contribution in [0.1, 0.15) is 25.7 Å². The van der Waals surface area contributed by atoms with Gasteiger partial charge in [0.2, 0.25) is 0 Å². The molecule has 1 aromatic heterocycles. The quantitative estimate of drug-likeness (QED) is 0.880. The topological polar surface area (TPSA) is 79.2 Å². The third kappa shape index (κ3) is 3.93. The Bertz CT molecular complexity index is 759. The molecule has 2 aromatic rings. The number of esters is 1. The monoisotopic (exact) mass is 314 g/mol. The molecule has 0 aliphatic rings. The number of hydrogen-bond donors (Lipinski definition) is 1. The zero-order chi connectivity index (χ0) is 16.1. The molecule has 0 aliphatic heterocycles. The second-order valence-corrected chi connectivity index (χ2v) is 6.10. The summed E-state index contributed by atoms with van der Waals surface area (Å²) < 4.78 is 5.00. The lowest BCUT2D eigenvalue weighted by molar-refractivity contribution is -0.119. The van der Waals surface area contributed by atoms with Crippen molar-refractivity contribution >= 4 is 28.9 Å². The molecule has 0 radical (unpaired) electrons. The average Bonchev–Trinajstić information content (AvgIpc) is 2.83. The lowest BCUT2D eigenvalue weighted by atomic mass is 10.2. The number of rotatable bonds is 4. The third-order valence-electron chi connectivity index (χ3n) is 2.87. The number of carbonyl (C=O) groups is 2. The van der Waals surface area contributed by atoms with Crippen molar-refractivity contribution in [1.82, 2.24) is 0 Å². The van der Waals surface area contributed by atoms with Crippen molar-refractivity contribution in [2.75, 3.05) is 11.9 Å². The van der Waals surface area contributed by atoms with Crippen LogP contribution in [0.15, 0.2) is 30.3 Å². The molecule has 0 saturated heterocycles. The van der Waals surface area contributed by atoms with Crippen LogP contribution in [0.25, 0.3) is 0 Å². The van der Waals surface area contributed by atoms with E-state index in [0.29, 0.717) is 16.8 Å². The fourth-order valence-corrected chi connectivity index (χ4v) is 2.82. The summed E-state index contributed by atoms with van der Waals surface area (Å²) in [4.78, 5) is 25.5.